The quantitative estimate of drug-likeness (QED) is 0.704. The Balaban J connectivity index is 1.53. The van der Waals surface area contributed by atoms with Gasteiger partial charge in [0.1, 0.15) is 0 Å². The van der Waals surface area contributed by atoms with E-state index in [4.69, 9.17) is 0 Å². The van der Waals surface area contributed by atoms with Crippen molar-refractivity contribution in [3.8, 4) is 11.3 Å². The molecule has 3 aromatic rings. The number of rotatable bonds is 7. The fourth-order valence-electron chi connectivity index (χ4n) is 2.13. The van der Waals surface area contributed by atoms with Gasteiger partial charge in [0.2, 0.25) is 10.0 Å². The van der Waals surface area contributed by atoms with Crippen LogP contribution in [0.5, 0.6) is 0 Å². The predicted octanol–water partition coefficient (Wildman–Crippen LogP) is 3.20. The minimum atomic E-state index is -3.46. The fraction of sp³-hybridized carbons (Fsp3) is 0.118. The molecule has 0 amide bonds. The lowest BCUT2D eigenvalue weighted by atomic mass is 10.2. The molecule has 0 saturated carbocycles. The minimum absolute atomic E-state index is 0.284. The van der Waals surface area contributed by atoms with Crippen molar-refractivity contribution in [1.29, 1.82) is 0 Å². The summed E-state index contributed by atoms with van der Waals surface area (Å²) in [5.41, 5.74) is 2.81. The molecule has 2 aromatic heterocycles. The molecule has 0 radical (unpaired) electrons. The van der Waals surface area contributed by atoms with E-state index in [1.807, 2.05) is 59.4 Å². The molecule has 3 rings (SSSR count). The van der Waals surface area contributed by atoms with Gasteiger partial charge in [0.05, 0.1) is 12.2 Å². The molecule has 124 valence electrons. The van der Waals surface area contributed by atoms with Crippen molar-refractivity contribution < 1.29 is 8.42 Å². The van der Waals surface area contributed by atoms with Gasteiger partial charge < -0.3 is 0 Å². The van der Waals surface area contributed by atoms with Gasteiger partial charge in [-0.1, -0.05) is 30.3 Å². The second-order valence-electron chi connectivity index (χ2n) is 5.13. The number of hydrogen-bond acceptors (Lipinski definition) is 4. The maximum Gasteiger partial charge on any atom is 0.233 e. The molecule has 7 heteroatoms. The summed E-state index contributed by atoms with van der Waals surface area (Å²) in [6, 6.07) is 13.2. The van der Waals surface area contributed by atoms with E-state index in [0.717, 1.165) is 16.8 Å². The van der Waals surface area contributed by atoms with E-state index < -0.39 is 10.0 Å². The van der Waals surface area contributed by atoms with Crippen LogP contribution in [0.4, 0.5) is 0 Å². The van der Waals surface area contributed by atoms with Crippen LogP contribution >= 0.6 is 11.3 Å². The van der Waals surface area contributed by atoms with Crippen LogP contribution in [0.3, 0.4) is 0 Å². The Morgan fingerprint density at radius 3 is 2.75 bits per heavy atom. The summed E-state index contributed by atoms with van der Waals surface area (Å²) in [6.45, 7) is 0.759. The van der Waals surface area contributed by atoms with Crippen molar-refractivity contribution >= 4 is 27.4 Å². The summed E-state index contributed by atoms with van der Waals surface area (Å²) in [5.74, 6) is 0. The Labute approximate surface area is 145 Å². The third-order valence-electron chi connectivity index (χ3n) is 3.34. The second-order valence-corrected chi connectivity index (χ2v) is 7.56. The van der Waals surface area contributed by atoms with Crippen LogP contribution in [-0.4, -0.2) is 24.7 Å². The third-order valence-corrected chi connectivity index (χ3v) is 5.13. The van der Waals surface area contributed by atoms with Crippen LogP contribution in [0, 0.1) is 0 Å². The van der Waals surface area contributed by atoms with Gasteiger partial charge in [-0.05, 0) is 29.2 Å². The number of nitrogens with zero attached hydrogens (tertiary/aromatic N) is 2. The largest absolute Gasteiger partial charge is 0.271 e. The number of aromatic nitrogens is 2. The molecular weight excluding hydrogens is 342 g/mol. The van der Waals surface area contributed by atoms with Gasteiger partial charge in [0, 0.05) is 29.1 Å². The summed E-state index contributed by atoms with van der Waals surface area (Å²) < 4.78 is 28.2. The number of hydrogen-bond donors (Lipinski definition) is 1. The van der Waals surface area contributed by atoms with Crippen LogP contribution in [0.2, 0.25) is 0 Å². The van der Waals surface area contributed by atoms with Crippen molar-refractivity contribution in [3.63, 3.8) is 0 Å². The second kappa shape index (κ2) is 7.57. The Hall–Kier alpha value is -2.22. The zero-order valence-electron chi connectivity index (χ0n) is 12.9. The molecule has 5 nitrogen and oxygen atoms in total. The van der Waals surface area contributed by atoms with Gasteiger partial charge in [0.15, 0.2) is 0 Å². The zero-order valence-corrected chi connectivity index (χ0v) is 14.5. The molecule has 0 bridgehead atoms. The Morgan fingerprint density at radius 2 is 2.00 bits per heavy atom. The third kappa shape index (κ3) is 4.64. The molecule has 0 saturated heterocycles. The van der Waals surface area contributed by atoms with Gasteiger partial charge in [-0.25, -0.2) is 13.1 Å². The monoisotopic (exact) mass is 359 g/mol. The van der Waals surface area contributed by atoms with Crippen LogP contribution < -0.4 is 4.72 Å². The Morgan fingerprint density at radius 1 is 1.17 bits per heavy atom. The van der Waals surface area contributed by atoms with Crippen LogP contribution in [0.1, 0.15) is 5.56 Å². The van der Waals surface area contributed by atoms with Gasteiger partial charge in [-0.3, -0.25) is 4.68 Å². The van der Waals surface area contributed by atoms with E-state index in [1.165, 1.54) is 5.41 Å². The number of benzene rings is 1. The van der Waals surface area contributed by atoms with Crippen molar-refractivity contribution in [2.45, 2.75) is 6.54 Å². The lowest BCUT2D eigenvalue weighted by Crippen LogP contribution is -2.25. The highest BCUT2D eigenvalue weighted by Gasteiger charge is 2.06. The first-order valence-electron chi connectivity index (χ1n) is 7.41. The molecule has 0 aliphatic heterocycles. The molecule has 1 N–H and O–H groups in total. The van der Waals surface area contributed by atoms with Crippen molar-refractivity contribution in [2.24, 2.45) is 0 Å². The van der Waals surface area contributed by atoms with Gasteiger partial charge in [0.25, 0.3) is 0 Å². The summed E-state index contributed by atoms with van der Waals surface area (Å²) >= 11 is 1.62. The number of nitrogens with one attached hydrogen (secondary N) is 1. The van der Waals surface area contributed by atoms with Crippen LogP contribution in [0.25, 0.3) is 17.3 Å². The minimum Gasteiger partial charge on any atom is -0.271 e. The van der Waals surface area contributed by atoms with Crippen LogP contribution in [0.15, 0.2) is 64.8 Å². The summed E-state index contributed by atoms with van der Waals surface area (Å²) in [5, 5.41) is 9.65. The lowest BCUT2D eigenvalue weighted by molar-refractivity contribution is 0.568. The molecule has 1 aromatic carbocycles. The van der Waals surface area contributed by atoms with E-state index in [-0.39, 0.29) is 6.54 Å². The van der Waals surface area contributed by atoms with E-state index >= 15 is 0 Å². The average Bonchev–Trinajstić information content (AvgIpc) is 3.25. The first kappa shape index (κ1) is 16.6. The molecule has 0 atom stereocenters. The summed E-state index contributed by atoms with van der Waals surface area (Å²) in [4.78, 5) is 0. The highest BCUT2D eigenvalue weighted by atomic mass is 32.2. The number of sulfonamides is 1. The van der Waals surface area contributed by atoms with Crippen molar-refractivity contribution in [2.75, 3.05) is 6.54 Å². The Bertz CT molecular complexity index is 898. The molecule has 0 aliphatic rings. The van der Waals surface area contributed by atoms with Gasteiger partial charge in [-0.15, -0.1) is 0 Å². The molecule has 24 heavy (non-hydrogen) atoms. The molecule has 2 heterocycles. The maximum atomic E-state index is 12.0. The fourth-order valence-corrected chi connectivity index (χ4v) is 3.59. The van der Waals surface area contributed by atoms with E-state index in [2.05, 4.69) is 9.82 Å². The van der Waals surface area contributed by atoms with Gasteiger partial charge in [-0.2, -0.15) is 16.4 Å². The van der Waals surface area contributed by atoms with E-state index in [9.17, 15) is 8.42 Å². The first-order chi connectivity index (χ1) is 11.6. The molecule has 0 unspecified atom stereocenters. The van der Waals surface area contributed by atoms with Crippen LogP contribution in [-0.2, 0) is 16.6 Å². The molecule has 0 aliphatic carbocycles. The molecule has 0 fully saturated rings. The topological polar surface area (TPSA) is 64.0 Å². The standard InChI is InChI=1S/C17H17N3O2S2/c21-24(22,13-8-15-4-2-1-3-5-15)18-9-11-20-10-6-17(19-20)16-7-12-23-14-16/h1-8,10,12-14,18H,9,11H2/b13-8+. The normalized spacial score (nSPS) is 12.0. The SMILES string of the molecule is O=S(=O)(/C=C/c1ccccc1)NCCn1ccc(-c2ccsc2)n1. The first-order valence-corrected chi connectivity index (χ1v) is 9.90. The van der Waals surface area contributed by atoms with E-state index in [1.54, 1.807) is 22.1 Å². The summed E-state index contributed by atoms with van der Waals surface area (Å²) in [6.07, 6.45) is 3.42. The van der Waals surface area contributed by atoms with Crippen molar-refractivity contribution in [1.82, 2.24) is 14.5 Å². The zero-order chi connectivity index (χ0) is 16.8. The maximum absolute atomic E-state index is 12.0. The van der Waals surface area contributed by atoms with Gasteiger partial charge >= 0.3 is 0 Å². The predicted molar refractivity (Wildman–Crippen MR) is 97.9 cm³/mol. The smallest absolute Gasteiger partial charge is 0.233 e. The van der Waals surface area contributed by atoms with Crippen molar-refractivity contribution in [3.05, 3.63) is 70.4 Å². The highest BCUT2D eigenvalue weighted by molar-refractivity contribution is 7.92. The molecule has 0 spiro atoms. The number of thiophene rings is 1. The summed E-state index contributed by atoms with van der Waals surface area (Å²) in [7, 11) is -3.46. The lowest BCUT2D eigenvalue weighted by Gasteiger charge is -2.03. The highest BCUT2D eigenvalue weighted by Crippen LogP contribution is 2.19. The average molecular weight is 359 g/mol. The van der Waals surface area contributed by atoms with E-state index in [0.29, 0.717) is 6.54 Å². The Kier molecular flexibility index (Phi) is 5.24. The molecular formula is C17H17N3O2S2.